The predicted octanol–water partition coefficient (Wildman–Crippen LogP) is 0.325. The van der Waals surface area contributed by atoms with E-state index in [-0.39, 0.29) is 11.8 Å². The minimum Gasteiger partial charge on any atom is -0.327 e. The van der Waals surface area contributed by atoms with Crippen LogP contribution in [-0.2, 0) is 9.84 Å². The monoisotopic (exact) mass is 177 g/mol. The van der Waals surface area contributed by atoms with Crippen LogP contribution in [0.15, 0.2) is 12.7 Å². The Hall–Kier alpha value is -0.350. The Balaban J connectivity index is 3.62. The maximum atomic E-state index is 10.7. The van der Waals surface area contributed by atoms with E-state index in [0.717, 1.165) is 0 Å². The molecule has 0 aromatic rings. The third-order valence-corrected chi connectivity index (χ3v) is 2.31. The summed E-state index contributed by atoms with van der Waals surface area (Å²) in [5.74, 6) is 0.169. The normalized spacial score (nSPS) is 14.4. The highest BCUT2D eigenvalue weighted by atomic mass is 32.2. The Morgan fingerprint density at radius 3 is 2.55 bits per heavy atom. The summed E-state index contributed by atoms with van der Waals surface area (Å²) in [7, 11) is -2.85. The van der Waals surface area contributed by atoms with Gasteiger partial charge in [-0.1, -0.05) is 6.08 Å². The number of rotatable bonds is 5. The highest BCUT2D eigenvalue weighted by molar-refractivity contribution is 7.90. The topological polar surface area (TPSA) is 60.2 Å². The van der Waals surface area contributed by atoms with Crippen molar-refractivity contribution in [1.29, 1.82) is 0 Å². The van der Waals surface area contributed by atoms with E-state index in [2.05, 4.69) is 6.58 Å². The van der Waals surface area contributed by atoms with Crippen LogP contribution in [0.4, 0.5) is 0 Å². The fourth-order valence-corrected chi connectivity index (χ4v) is 1.43. The van der Waals surface area contributed by atoms with Gasteiger partial charge in [0, 0.05) is 12.3 Å². The molecule has 0 aliphatic rings. The van der Waals surface area contributed by atoms with E-state index in [1.165, 1.54) is 6.26 Å². The molecule has 0 heterocycles. The number of hydrogen-bond donors (Lipinski definition) is 1. The third kappa shape index (κ3) is 7.55. The quantitative estimate of drug-likeness (QED) is 0.615. The Bertz CT molecular complexity index is 208. The molecule has 0 aliphatic carbocycles. The summed E-state index contributed by atoms with van der Waals surface area (Å²) < 4.78 is 21.3. The Kier molecular flexibility index (Phi) is 4.37. The van der Waals surface area contributed by atoms with Crippen molar-refractivity contribution in [2.24, 2.45) is 5.73 Å². The van der Waals surface area contributed by atoms with Crippen molar-refractivity contribution in [2.75, 3.05) is 12.0 Å². The van der Waals surface area contributed by atoms with Crippen molar-refractivity contribution < 1.29 is 8.42 Å². The molecule has 11 heavy (non-hydrogen) atoms. The molecular weight excluding hydrogens is 162 g/mol. The minimum atomic E-state index is -2.85. The SMILES string of the molecule is C=CC[C@@H](N)CCS(C)(=O)=O. The van der Waals surface area contributed by atoms with Gasteiger partial charge in [-0.15, -0.1) is 6.58 Å². The first-order valence-electron chi connectivity index (χ1n) is 3.50. The molecule has 0 saturated carbocycles. The summed E-state index contributed by atoms with van der Waals surface area (Å²) in [5, 5.41) is 0. The van der Waals surface area contributed by atoms with E-state index < -0.39 is 9.84 Å². The van der Waals surface area contributed by atoms with Crippen LogP contribution < -0.4 is 5.73 Å². The predicted molar refractivity (Wildman–Crippen MR) is 47.1 cm³/mol. The molecule has 0 aromatic carbocycles. The lowest BCUT2D eigenvalue weighted by Gasteiger charge is -2.06. The molecule has 4 heteroatoms. The first-order valence-corrected chi connectivity index (χ1v) is 5.56. The highest BCUT2D eigenvalue weighted by Gasteiger charge is 2.05. The Labute approximate surface area is 68.2 Å². The van der Waals surface area contributed by atoms with E-state index in [0.29, 0.717) is 12.8 Å². The van der Waals surface area contributed by atoms with Gasteiger partial charge in [0.1, 0.15) is 9.84 Å². The molecule has 0 amide bonds. The molecule has 3 nitrogen and oxygen atoms in total. The molecule has 0 spiro atoms. The molecule has 0 aromatic heterocycles. The minimum absolute atomic E-state index is 0.0674. The number of hydrogen-bond acceptors (Lipinski definition) is 3. The van der Waals surface area contributed by atoms with Crippen LogP contribution >= 0.6 is 0 Å². The Morgan fingerprint density at radius 1 is 1.64 bits per heavy atom. The lowest BCUT2D eigenvalue weighted by atomic mass is 10.2. The molecule has 0 aliphatic heterocycles. The lowest BCUT2D eigenvalue weighted by Crippen LogP contribution is -2.22. The lowest BCUT2D eigenvalue weighted by molar-refractivity contribution is 0.588. The fourth-order valence-electron chi connectivity index (χ4n) is 0.697. The van der Waals surface area contributed by atoms with Gasteiger partial charge in [-0.2, -0.15) is 0 Å². The van der Waals surface area contributed by atoms with Gasteiger partial charge in [0.25, 0.3) is 0 Å². The van der Waals surface area contributed by atoms with E-state index in [1.807, 2.05) is 0 Å². The first kappa shape index (κ1) is 10.7. The molecule has 0 fully saturated rings. The van der Waals surface area contributed by atoms with Gasteiger partial charge in [-0.25, -0.2) is 8.42 Å². The molecule has 1 atom stereocenters. The molecule has 2 N–H and O–H groups in total. The highest BCUT2D eigenvalue weighted by Crippen LogP contribution is 1.97. The van der Waals surface area contributed by atoms with Crippen LogP contribution in [0.2, 0.25) is 0 Å². The molecule has 0 unspecified atom stereocenters. The first-order chi connectivity index (χ1) is 4.95. The van der Waals surface area contributed by atoms with E-state index in [1.54, 1.807) is 6.08 Å². The summed E-state index contributed by atoms with van der Waals surface area (Å²) in [5.41, 5.74) is 5.56. The van der Waals surface area contributed by atoms with Crippen molar-refractivity contribution in [3.05, 3.63) is 12.7 Å². The van der Waals surface area contributed by atoms with E-state index >= 15 is 0 Å². The average Bonchev–Trinajstić information content (AvgIpc) is 1.83. The maximum Gasteiger partial charge on any atom is 0.147 e. The maximum absolute atomic E-state index is 10.7. The van der Waals surface area contributed by atoms with E-state index in [9.17, 15) is 8.42 Å². The van der Waals surface area contributed by atoms with Crippen LogP contribution in [0, 0.1) is 0 Å². The van der Waals surface area contributed by atoms with Crippen LogP contribution in [0.25, 0.3) is 0 Å². The van der Waals surface area contributed by atoms with Crippen LogP contribution in [0.3, 0.4) is 0 Å². The van der Waals surface area contributed by atoms with Crippen LogP contribution in [0.1, 0.15) is 12.8 Å². The molecule has 0 rings (SSSR count). The van der Waals surface area contributed by atoms with Gasteiger partial charge in [-0.05, 0) is 12.8 Å². The van der Waals surface area contributed by atoms with Crippen molar-refractivity contribution >= 4 is 9.84 Å². The summed E-state index contributed by atoms with van der Waals surface area (Å²) in [4.78, 5) is 0. The van der Waals surface area contributed by atoms with Crippen LogP contribution in [-0.4, -0.2) is 26.5 Å². The number of nitrogens with two attached hydrogens (primary N) is 1. The molecule has 66 valence electrons. The standard InChI is InChI=1S/C7H15NO2S/c1-3-4-7(8)5-6-11(2,9)10/h3,7H,1,4-6,8H2,2H3/t7-/m1/s1. The largest absolute Gasteiger partial charge is 0.327 e. The summed E-state index contributed by atoms with van der Waals surface area (Å²) in [6, 6.07) is -0.0674. The molecule has 0 saturated heterocycles. The second-order valence-corrected chi connectivity index (χ2v) is 4.96. The second-order valence-electron chi connectivity index (χ2n) is 2.70. The molecular formula is C7H15NO2S. The average molecular weight is 177 g/mol. The van der Waals surface area contributed by atoms with Crippen molar-refractivity contribution in [2.45, 2.75) is 18.9 Å². The smallest absolute Gasteiger partial charge is 0.147 e. The zero-order valence-electron chi connectivity index (χ0n) is 6.79. The van der Waals surface area contributed by atoms with Crippen molar-refractivity contribution in [3.63, 3.8) is 0 Å². The summed E-state index contributed by atoms with van der Waals surface area (Å²) in [6.07, 6.45) is 4.11. The van der Waals surface area contributed by atoms with Gasteiger partial charge < -0.3 is 5.73 Å². The third-order valence-electron chi connectivity index (χ3n) is 1.33. The van der Waals surface area contributed by atoms with Gasteiger partial charge in [0.2, 0.25) is 0 Å². The van der Waals surface area contributed by atoms with Gasteiger partial charge in [0.15, 0.2) is 0 Å². The van der Waals surface area contributed by atoms with Crippen molar-refractivity contribution in [1.82, 2.24) is 0 Å². The zero-order chi connectivity index (χ0) is 8.91. The Morgan fingerprint density at radius 2 is 2.18 bits per heavy atom. The summed E-state index contributed by atoms with van der Waals surface area (Å²) in [6.45, 7) is 3.52. The molecule has 0 bridgehead atoms. The van der Waals surface area contributed by atoms with E-state index in [4.69, 9.17) is 5.73 Å². The van der Waals surface area contributed by atoms with Gasteiger partial charge >= 0.3 is 0 Å². The molecule has 0 radical (unpaired) electrons. The van der Waals surface area contributed by atoms with Gasteiger partial charge in [0.05, 0.1) is 5.75 Å². The fraction of sp³-hybridized carbons (Fsp3) is 0.714. The van der Waals surface area contributed by atoms with Crippen LogP contribution in [0.5, 0.6) is 0 Å². The second kappa shape index (κ2) is 4.51. The number of sulfone groups is 1. The zero-order valence-corrected chi connectivity index (χ0v) is 7.60. The van der Waals surface area contributed by atoms with Gasteiger partial charge in [-0.3, -0.25) is 0 Å². The van der Waals surface area contributed by atoms with Crippen molar-refractivity contribution in [3.8, 4) is 0 Å². The summed E-state index contributed by atoms with van der Waals surface area (Å²) >= 11 is 0.